The van der Waals surface area contributed by atoms with E-state index in [0.717, 1.165) is 43.1 Å². The van der Waals surface area contributed by atoms with Gasteiger partial charge in [0.1, 0.15) is 0 Å². The number of methoxy groups -OCH3 is 1. The molecule has 2 aliphatic rings. The highest BCUT2D eigenvalue weighted by Gasteiger charge is 2.25. The molecule has 3 heterocycles. The molecular weight excluding hydrogens is 308 g/mol. The summed E-state index contributed by atoms with van der Waals surface area (Å²) >= 11 is 0. The van der Waals surface area contributed by atoms with E-state index >= 15 is 0 Å². The standard InChI is InChI=1S/C16H22N6O2/c1-23-9-11-2-3-12(8-11)22-10-18-13-14(19-16(17)20-15(13)22)21-4-6-24-7-5-21/h2-3,10-12H,4-9H2,1H3,(H2,17,19,20)/t11?,12-/m0/s1. The number of hydrogen-bond acceptors (Lipinski definition) is 7. The lowest BCUT2D eigenvalue weighted by Gasteiger charge is -2.27. The van der Waals surface area contributed by atoms with Gasteiger partial charge < -0.3 is 24.7 Å². The third kappa shape index (κ3) is 2.71. The van der Waals surface area contributed by atoms with Crippen LogP contribution in [0.15, 0.2) is 18.5 Å². The number of nitrogens with two attached hydrogens (primary N) is 1. The normalized spacial score (nSPS) is 24.1. The Morgan fingerprint density at radius 3 is 2.92 bits per heavy atom. The predicted octanol–water partition coefficient (Wildman–Crippen LogP) is 1.01. The van der Waals surface area contributed by atoms with Gasteiger partial charge in [0.15, 0.2) is 17.0 Å². The minimum atomic E-state index is 0.224. The number of imidazole rings is 1. The van der Waals surface area contributed by atoms with Crippen LogP contribution in [0.4, 0.5) is 11.8 Å². The lowest BCUT2D eigenvalue weighted by molar-refractivity contribution is 0.122. The van der Waals surface area contributed by atoms with Crippen molar-refractivity contribution in [1.29, 1.82) is 0 Å². The first-order valence-corrected chi connectivity index (χ1v) is 8.26. The topological polar surface area (TPSA) is 91.3 Å². The summed E-state index contributed by atoms with van der Waals surface area (Å²) in [5.74, 6) is 1.51. The Balaban J connectivity index is 1.69. The Morgan fingerprint density at radius 2 is 2.12 bits per heavy atom. The minimum Gasteiger partial charge on any atom is -0.384 e. The Kier molecular flexibility index (Phi) is 4.07. The highest BCUT2D eigenvalue weighted by Crippen LogP contribution is 2.32. The van der Waals surface area contributed by atoms with E-state index in [1.807, 2.05) is 6.33 Å². The van der Waals surface area contributed by atoms with E-state index in [-0.39, 0.29) is 12.0 Å². The fourth-order valence-electron chi connectivity index (χ4n) is 3.45. The van der Waals surface area contributed by atoms with Gasteiger partial charge in [0.25, 0.3) is 0 Å². The Bertz CT molecular complexity index is 752. The second-order valence-corrected chi connectivity index (χ2v) is 6.23. The highest BCUT2D eigenvalue weighted by atomic mass is 16.5. The fourth-order valence-corrected chi connectivity index (χ4v) is 3.45. The van der Waals surface area contributed by atoms with Gasteiger partial charge >= 0.3 is 0 Å². The maximum Gasteiger partial charge on any atom is 0.224 e. The molecule has 2 aromatic rings. The third-order valence-electron chi connectivity index (χ3n) is 4.62. The van der Waals surface area contributed by atoms with Crippen molar-refractivity contribution in [1.82, 2.24) is 19.5 Å². The van der Waals surface area contributed by atoms with Crippen LogP contribution in [0.3, 0.4) is 0 Å². The second-order valence-electron chi connectivity index (χ2n) is 6.23. The molecule has 24 heavy (non-hydrogen) atoms. The molecule has 0 bridgehead atoms. The first kappa shape index (κ1) is 15.3. The summed E-state index contributed by atoms with van der Waals surface area (Å²) in [5, 5.41) is 0. The number of nitrogens with zero attached hydrogens (tertiary/aromatic N) is 5. The van der Waals surface area contributed by atoms with Crippen molar-refractivity contribution in [3.05, 3.63) is 18.5 Å². The van der Waals surface area contributed by atoms with Crippen molar-refractivity contribution in [2.75, 3.05) is 50.7 Å². The van der Waals surface area contributed by atoms with E-state index in [2.05, 4.69) is 36.6 Å². The van der Waals surface area contributed by atoms with Crippen LogP contribution in [0.5, 0.6) is 0 Å². The third-order valence-corrected chi connectivity index (χ3v) is 4.62. The Morgan fingerprint density at radius 1 is 1.29 bits per heavy atom. The van der Waals surface area contributed by atoms with E-state index in [4.69, 9.17) is 15.2 Å². The molecule has 0 amide bonds. The van der Waals surface area contributed by atoms with Gasteiger partial charge in [-0.1, -0.05) is 12.2 Å². The summed E-state index contributed by atoms with van der Waals surface area (Å²) in [4.78, 5) is 15.6. The van der Waals surface area contributed by atoms with E-state index in [9.17, 15) is 0 Å². The molecule has 4 rings (SSSR count). The van der Waals surface area contributed by atoms with Gasteiger partial charge in [0.2, 0.25) is 5.95 Å². The van der Waals surface area contributed by atoms with Crippen molar-refractivity contribution >= 4 is 22.9 Å². The van der Waals surface area contributed by atoms with Crippen LogP contribution in [0.25, 0.3) is 11.2 Å². The van der Waals surface area contributed by atoms with Crippen LogP contribution in [0.2, 0.25) is 0 Å². The molecule has 8 heteroatoms. The van der Waals surface area contributed by atoms with Crippen LogP contribution in [-0.2, 0) is 9.47 Å². The monoisotopic (exact) mass is 330 g/mol. The van der Waals surface area contributed by atoms with Gasteiger partial charge in [0, 0.05) is 26.1 Å². The molecule has 0 spiro atoms. The first-order chi connectivity index (χ1) is 11.8. The highest BCUT2D eigenvalue weighted by molar-refractivity contribution is 5.85. The van der Waals surface area contributed by atoms with Crippen molar-refractivity contribution in [2.45, 2.75) is 12.5 Å². The summed E-state index contributed by atoms with van der Waals surface area (Å²) in [7, 11) is 1.73. The van der Waals surface area contributed by atoms with E-state index < -0.39 is 0 Å². The largest absolute Gasteiger partial charge is 0.384 e. The molecule has 2 atom stereocenters. The smallest absolute Gasteiger partial charge is 0.224 e. The van der Waals surface area contributed by atoms with Crippen LogP contribution in [-0.4, -0.2) is 59.5 Å². The molecule has 1 fully saturated rings. The predicted molar refractivity (Wildman–Crippen MR) is 90.9 cm³/mol. The van der Waals surface area contributed by atoms with E-state index in [0.29, 0.717) is 19.1 Å². The first-order valence-electron chi connectivity index (χ1n) is 8.26. The number of rotatable bonds is 4. The molecule has 2 aromatic heterocycles. The minimum absolute atomic E-state index is 0.224. The zero-order valence-corrected chi connectivity index (χ0v) is 13.8. The summed E-state index contributed by atoms with van der Waals surface area (Å²) in [5.41, 5.74) is 7.56. The molecule has 0 saturated carbocycles. The quantitative estimate of drug-likeness (QED) is 0.836. The van der Waals surface area contributed by atoms with Crippen LogP contribution < -0.4 is 10.6 Å². The number of anilines is 2. The molecule has 1 aliphatic carbocycles. The zero-order chi connectivity index (χ0) is 16.5. The molecular formula is C16H22N6O2. The Hall–Kier alpha value is -2.19. The van der Waals surface area contributed by atoms with Crippen molar-refractivity contribution < 1.29 is 9.47 Å². The molecule has 0 radical (unpaired) electrons. The molecule has 1 unspecified atom stereocenters. The van der Waals surface area contributed by atoms with Crippen LogP contribution in [0.1, 0.15) is 12.5 Å². The Labute approximate surface area is 140 Å². The van der Waals surface area contributed by atoms with E-state index in [1.165, 1.54) is 0 Å². The van der Waals surface area contributed by atoms with Gasteiger partial charge in [-0.3, -0.25) is 0 Å². The number of fused-ring (bicyclic) bond motifs is 1. The molecule has 1 saturated heterocycles. The SMILES string of the molecule is COCC1C=C[C@H](n2cnc3c(N4CCOCC4)nc(N)nc32)C1. The van der Waals surface area contributed by atoms with Crippen molar-refractivity contribution in [3.63, 3.8) is 0 Å². The lowest BCUT2D eigenvalue weighted by Crippen LogP contribution is -2.37. The number of morpholine rings is 1. The summed E-state index contributed by atoms with van der Waals surface area (Å²) in [6.45, 7) is 3.69. The molecule has 0 aromatic carbocycles. The molecule has 8 nitrogen and oxygen atoms in total. The maximum atomic E-state index is 5.97. The lowest BCUT2D eigenvalue weighted by atomic mass is 10.1. The van der Waals surface area contributed by atoms with Gasteiger partial charge in [-0.25, -0.2) is 4.98 Å². The van der Waals surface area contributed by atoms with Crippen molar-refractivity contribution in [3.8, 4) is 0 Å². The van der Waals surface area contributed by atoms with Crippen molar-refractivity contribution in [2.24, 2.45) is 5.92 Å². The van der Waals surface area contributed by atoms with Gasteiger partial charge in [-0.2, -0.15) is 9.97 Å². The number of allylic oxidation sites excluding steroid dienone is 1. The second kappa shape index (κ2) is 6.37. The summed E-state index contributed by atoms with van der Waals surface area (Å²) in [6, 6.07) is 0.224. The average Bonchev–Trinajstić information content (AvgIpc) is 3.22. The summed E-state index contributed by atoms with van der Waals surface area (Å²) in [6.07, 6.45) is 7.22. The van der Waals surface area contributed by atoms with Gasteiger partial charge in [-0.05, 0) is 6.42 Å². The van der Waals surface area contributed by atoms with Gasteiger partial charge in [0.05, 0.1) is 32.2 Å². The molecule has 1 aliphatic heterocycles. The zero-order valence-electron chi connectivity index (χ0n) is 13.8. The number of ether oxygens (including phenoxy) is 2. The van der Waals surface area contributed by atoms with Gasteiger partial charge in [-0.15, -0.1) is 0 Å². The molecule has 2 N–H and O–H groups in total. The average molecular weight is 330 g/mol. The number of nitrogen functional groups attached to an aromatic ring is 1. The number of aromatic nitrogens is 4. The molecule has 128 valence electrons. The van der Waals surface area contributed by atoms with E-state index in [1.54, 1.807) is 7.11 Å². The van der Waals surface area contributed by atoms with Crippen LogP contribution >= 0.6 is 0 Å². The maximum absolute atomic E-state index is 5.97. The summed E-state index contributed by atoms with van der Waals surface area (Å²) < 4.78 is 12.8. The van der Waals surface area contributed by atoms with Crippen LogP contribution in [0, 0.1) is 5.92 Å². The fraction of sp³-hybridized carbons (Fsp3) is 0.562. The number of hydrogen-bond donors (Lipinski definition) is 1.